The number of nitrogens with zero attached hydrogens (tertiary/aromatic N) is 4. The summed E-state index contributed by atoms with van der Waals surface area (Å²) in [5.41, 5.74) is 8.99. The number of nitriles is 1. The Balaban J connectivity index is 1.96. The van der Waals surface area contributed by atoms with Gasteiger partial charge in [-0.2, -0.15) is 5.26 Å². The van der Waals surface area contributed by atoms with Crippen molar-refractivity contribution in [1.29, 1.82) is 5.26 Å². The van der Waals surface area contributed by atoms with E-state index < -0.39 is 10.8 Å². The molecule has 1 aliphatic carbocycles. The third-order valence-electron chi connectivity index (χ3n) is 5.72. The van der Waals surface area contributed by atoms with Crippen LogP contribution in [0.4, 0.5) is 11.4 Å². The highest BCUT2D eigenvalue weighted by Gasteiger charge is 2.44. The molecule has 0 saturated carbocycles. The van der Waals surface area contributed by atoms with Gasteiger partial charge in [0.1, 0.15) is 5.82 Å². The van der Waals surface area contributed by atoms with Crippen LogP contribution in [0.2, 0.25) is 0 Å². The van der Waals surface area contributed by atoms with E-state index in [0.29, 0.717) is 24.1 Å². The molecule has 8 nitrogen and oxygen atoms in total. The van der Waals surface area contributed by atoms with E-state index in [1.165, 1.54) is 12.1 Å². The number of hydrogen-bond acceptors (Lipinski definition) is 7. The van der Waals surface area contributed by atoms with E-state index in [1.54, 1.807) is 35.5 Å². The highest BCUT2D eigenvalue weighted by atomic mass is 16.6. The van der Waals surface area contributed by atoms with Crippen LogP contribution in [-0.2, 0) is 4.79 Å². The Hall–Kier alpha value is -3.99. The van der Waals surface area contributed by atoms with Crippen LogP contribution in [0.1, 0.15) is 38.2 Å². The molecule has 2 aromatic rings. The summed E-state index contributed by atoms with van der Waals surface area (Å²) in [4.78, 5) is 29.8. The number of benzene rings is 1. The molecule has 1 atom stereocenters. The minimum absolute atomic E-state index is 0.0349. The number of pyridine rings is 1. The number of aromatic nitrogens is 1. The van der Waals surface area contributed by atoms with Crippen molar-refractivity contribution in [3.8, 4) is 6.07 Å². The summed E-state index contributed by atoms with van der Waals surface area (Å²) in [5.74, 6) is -0.409. The average molecular weight is 415 g/mol. The molecule has 2 heterocycles. The zero-order valence-corrected chi connectivity index (χ0v) is 17.2. The van der Waals surface area contributed by atoms with Crippen molar-refractivity contribution >= 4 is 17.2 Å². The van der Waals surface area contributed by atoms with Gasteiger partial charge in [-0.05, 0) is 35.6 Å². The van der Waals surface area contributed by atoms with Crippen LogP contribution in [0.3, 0.4) is 0 Å². The summed E-state index contributed by atoms with van der Waals surface area (Å²) >= 11 is 0. The van der Waals surface area contributed by atoms with Crippen LogP contribution in [0, 0.1) is 26.9 Å². The molecule has 0 amide bonds. The van der Waals surface area contributed by atoms with Gasteiger partial charge in [0.15, 0.2) is 5.78 Å². The fraction of sp³-hybridized carbons (Fsp3) is 0.261. The lowest BCUT2D eigenvalue weighted by atomic mass is 9.68. The van der Waals surface area contributed by atoms with Crippen molar-refractivity contribution in [3.63, 3.8) is 0 Å². The maximum absolute atomic E-state index is 13.3. The molecule has 1 aliphatic heterocycles. The smallest absolute Gasteiger partial charge is 0.269 e. The van der Waals surface area contributed by atoms with Crippen LogP contribution in [0.15, 0.2) is 71.5 Å². The average Bonchev–Trinajstić information content (AvgIpc) is 2.73. The Kier molecular flexibility index (Phi) is 4.82. The molecule has 0 fully saturated rings. The number of nitrogens with two attached hydrogens (primary N) is 1. The van der Waals surface area contributed by atoms with Gasteiger partial charge in [-0.1, -0.05) is 19.9 Å². The van der Waals surface area contributed by atoms with Gasteiger partial charge in [0.2, 0.25) is 0 Å². The van der Waals surface area contributed by atoms with Gasteiger partial charge in [0.05, 0.1) is 22.5 Å². The molecular weight excluding hydrogens is 394 g/mol. The van der Waals surface area contributed by atoms with Gasteiger partial charge in [0, 0.05) is 47.9 Å². The maximum atomic E-state index is 13.3. The molecule has 0 bridgehead atoms. The Bertz CT molecular complexity index is 1170. The van der Waals surface area contributed by atoms with E-state index >= 15 is 0 Å². The number of Topliss-reactive ketones (excluding diaryl/α,β-unsaturated/α-hetero) is 1. The molecular formula is C23H21N5O3. The second-order valence-electron chi connectivity index (χ2n) is 8.54. The van der Waals surface area contributed by atoms with E-state index in [4.69, 9.17) is 5.73 Å². The third kappa shape index (κ3) is 3.44. The number of non-ortho nitro benzene ring substituents is 1. The van der Waals surface area contributed by atoms with Crippen molar-refractivity contribution in [1.82, 2.24) is 4.98 Å². The van der Waals surface area contributed by atoms with Crippen molar-refractivity contribution in [2.45, 2.75) is 32.6 Å². The first-order valence-corrected chi connectivity index (χ1v) is 9.84. The van der Waals surface area contributed by atoms with E-state index in [1.807, 2.05) is 19.9 Å². The first-order chi connectivity index (χ1) is 14.7. The zero-order valence-electron chi connectivity index (χ0n) is 17.2. The molecule has 4 rings (SSSR count). The first-order valence-electron chi connectivity index (χ1n) is 9.84. The molecule has 31 heavy (non-hydrogen) atoms. The summed E-state index contributed by atoms with van der Waals surface area (Å²) in [7, 11) is 0. The first kappa shape index (κ1) is 20.3. The van der Waals surface area contributed by atoms with E-state index in [0.717, 1.165) is 11.3 Å². The Labute approximate surface area is 179 Å². The predicted molar refractivity (Wildman–Crippen MR) is 114 cm³/mol. The summed E-state index contributed by atoms with van der Waals surface area (Å²) in [5, 5.41) is 21.1. The van der Waals surface area contributed by atoms with Gasteiger partial charge in [0.25, 0.3) is 5.69 Å². The van der Waals surface area contributed by atoms with Crippen LogP contribution in [0.25, 0.3) is 0 Å². The normalized spacial score (nSPS) is 20.4. The molecule has 156 valence electrons. The Morgan fingerprint density at radius 2 is 1.97 bits per heavy atom. The number of nitro benzene ring substituents is 1. The number of nitro groups is 1. The summed E-state index contributed by atoms with van der Waals surface area (Å²) < 4.78 is 0. The number of hydrogen-bond donors (Lipinski definition) is 1. The third-order valence-corrected chi connectivity index (χ3v) is 5.72. The SMILES string of the molecule is CC1(C)CC(=O)C2=C(C1)N(c1ccc([N+](=O)[O-])cc1)C(N)=C(C#N)[C@@H]2c1cccnc1. The predicted octanol–water partition coefficient (Wildman–Crippen LogP) is 3.93. The van der Waals surface area contributed by atoms with Gasteiger partial charge < -0.3 is 5.73 Å². The lowest BCUT2D eigenvalue weighted by molar-refractivity contribution is -0.384. The van der Waals surface area contributed by atoms with Gasteiger partial charge in [-0.25, -0.2) is 0 Å². The Morgan fingerprint density at radius 3 is 2.55 bits per heavy atom. The number of carbonyl (C=O) groups excluding carboxylic acids is 1. The van der Waals surface area contributed by atoms with Crippen LogP contribution < -0.4 is 10.6 Å². The lowest BCUT2D eigenvalue weighted by Crippen LogP contribution is -2.42. The zero-order chi connectivity index (χ0) is 22.3. The van der Waals surface area contributed by atoms with Crippen LogP contribution >= 0.6 is 0 Å². The molecule has 0 saturated heterocycles. The molecule has 2 aliphatic rings. The number of ketones is 1. The highest BCUT2D eigenvalue weighted by molar-refractivity contribution is 6.01. The standard InChI is InChI=1S/C23H21N5O3/c1-23(2)10-18-21(19(29)11-23)20(14-4-3-9-26-13-14)17(12-24)22(25)27(18)15-5-7-16(8-6-15)28(30)31/h3-9,13,20H,10-11,25H2,1-2H3/t20-/m0/s1. The minimum Gasteiger partial charge on any atom is -0.384 e. The largest absolute Gasteiger partial charge is 0.384 e. The minimum atomic E-state index is -0.591. The summed E-state index contributed by atoms with van der Waals surface area (Å²) in [6.45, 7) is 4.03. The fourth-order valence-corrected chi connectivity index (χ4v) is 4.41. The number of anilines is 1. The van der Waals surface area contributed by atoms with Crippen molar-refractivity contribution < 1.29 is 9.72 Å². The number of rotatable bonds is 3. The molecule has 1 aromatic heterocycles. The van der Waals surface area contributed by atoms with Gasteiger partial charge >= 0.3 is 0 Å². The molecule has 0 spiro atoms. The van der Waals surface area contributed by atoms with Crippen molar-refractivity contribution in [2.24, 2.45) is 11.1 Å². The van der Waals surface area contributed by atoms with E-state index in [9.17, 15) is 20.2 Å². The molecule has 2 N–H and O–H groups in total. The summed E-state index contributed by atoms with van der Waals surface area (Å²) in [6.07, 6.45) is 4.21. The van der Waals surface area contributed by atoms with Gasteiger partial charge in [-0.15, -0.1) is 0 Å². The molecule has 1 aromatic carbocycles. The lowest BCUT2D eigenvalue weighted by Gasteiger charge is -2.43. The Morgan fingerprint density at radius 1 is 1.26 bits per heavy atom. The quantitative estimate of drug-likeness (QED) is 0.594. The van der Waals surface area contributed by atoms with E-state index in [-0.39, 0.29) is 28.3 Å². The second kappa shape index (κ2) is 7.36. The summed E-state index contributed by atoms with van der Waals surface area (Å²) in [6, 6.07) is 11.7. The van der Waals surface area contributed by atoms with Crippen molar-refractivity contribution in [3.05, 3.63) is 87.1 Å². The van der Waals surface area contributed by atoms with Gasteiger partial charge in [-0.3, -0.25) is 24.8 Å². The molecule has 0 unspecified atom stereocenters. The van der Waals surface area contributed by atoms with Crippen LogP contribution in [0.5, 0.6) is 0 Å². The topological polar surface area (TPSA) is 126 Å². The van der Waals surface area contributed by atoms with E-state index in [2.05, 4.69) is 11.1 Å². The fourth-order valence-electron chi connectivity index (χ4n) is 4.41. The molecule has 0 radical (unpaired) electrons. The molecule has 8 heteroatoms. The maximum Gasteiger partial charge on any atom is 0.269 e. The monoisotopic (exact) mass is 415 g/mol. The highest BCUT2D eigenvalue weighted by Crippen LogP contribution is 2.50. The second-order valence-corrected chi connectivity index (χ2v) is 8.54. The number of allylic oxidation sites excluding steroid dienone is 3. The number of carbonyl (C=O) groups is 1. The van der Waals surface area contributed by atoms with Crippen molar-refractivity contribution in [2.75, 3.05) is 4.90 Å². The van der Waals surface area contributed by atoms with Crippen LogP contribution in [-0.4, -0.2) is 15.7 Å².